The first-order valence-corrected chi connectivity index (χ1v) is 6.19. The molecule has 1 atom stereocenters. The third-order valence-corrected chi connectivity index (χ3v) is 2.86. The van der Waals surface area contributed by atoms with Crippen LogP contribution >= 0.6 is 43.5 Å². The summed E-state index contributed by atoms with van der Waals surface area (Å²) in [6, 6.07) is 4.72. The van der Waals surface area contributed by atoms with Crippen molar-refractivity contribution in [1.29, 1.82) is 0 Å². The van der Waals surface area contributed by atoms with Crippen LogP contribution in [0.4, 0.5) is 0 Å². The van der Waals surface area contributed by atoms with Crippen LogP contribution in [0.1, 0.15) is 27.6 Å². The van der Waals surface area contributed by atoms with Crippen LogP contribution in [-0.4, -0.2) is 15.9 Å². The standard InChI is InChI=1S/C10H7Br2ClO2/c1-5(11)9(14)6-2-7(10(13)15)4-8(12)3-6/h2-5H,1H3. The van der Waals surface area contributed by atoms with Crippen LogP contribution in [0.15, 0.2) is 22.7 Å². The molecule has 0 N–H and O–H groups in total. The fourth-order valence-electron chi connectivity index (χ4n) is 1.08. The Morgan fingerprint density at radius 3 is 2.27 bits per heavy atom. The van der Waals surface area contributed by atoms with Gasteiger partial charge in [0.05, 0.1) is 4.83 Å². The second-order valence-electron chi connectivity index (χ2n) is 2.98. The van der Waals surface area contributed by atoms with Gasteiger partial charge in [-0.3, -0.25) is 9.59 Å². The van der Waals surface area contributed by atoms with Crippen LogP contribution in [0, 0.1) is 0 Å². The van der Waals surface area contributed by atoms with E-state index in [2.05, 4.69) is 31.9 Å². The summed E-state index contributed by atoms with van der Waals surface area (Å²) < 4.78 is 0.658. The number of alkyl halides is 1. The van der Waals surface area contributed by atoms with E-state index in [1.54, 1.807) is 19.1 Å². The molecule has 0 aromatic heterocycles. The number of hydrogen-bond acceptors (Lipinski definition) is 2. The molecular formula is C10H7Br2ClO2. The number of ketones is 1. The molecule has 0 spiro atoms. The highest BCUT2D eigenvalue weighted by Crippen LogP contribution is 2.20. The molecule has 1 rings (SSSR count). The van der Waals surface area contributed by atoms with E-state index < -0.39 is 5.24 Å². The van der Waals surface area contributed by atoms with Gasteiger partial charge in [0, 0.05) is 15.6 Å². The first-order chi connectivity index (χ1) is 6.91. The number of carbonyl (C=O) groups excluding carboxylic acids is 2. The van der Waals surface area contributed by atoms with Crippen molar-refractivity contribution in [2.24, 2.45) is 0 Å². The summed E-state index contributed by atoms with van der Waals surface area (Å²) in [6.07, 6.45) is 0. The Kier molecular flexibility index (Phi) is 4.49. The minimum absolute atomic E-state index is 0.0875. The van der Waals surface area contributed by atoms with E-state index >= 15 is 0 Å². The number of Topliss-reactive ketones (excluding diaryl/α,β-unsaturated/α-hetero) is 1. The van der Waals surface area contributed by atoms with Crippen molar-refractivity contribution in [2.45, 2.75) is 11.8 Å². The lowest BCUT2D eigenvalue weighted by atomic mass is 10.1. The molecule has 0 bridgehead atoms. The maximum absolute atomic E-state index is 11.6. The zero-order chi connectivity index (χ0) is 11.6. The Hall–Kier alpha value is -0.190. The van der Waals surface area contributed by atoms with Gasteiger partial charge >= 0.3 is 0 Å². The first-order valence-electron chi connectivity index (χ1n) is 4.10. The largest absolute Gasteiger partial charge is 0.293 e. The summed E-state index contributed by atoms with van der Waals surface area (Å²) >= 11 is 11.7. The quantitative estimate of drug-likeness (QED) is 0.470. The lowest BCUT2D eigenvalue weighted by molar-refractivity contribution is 0.0996. The molecule has 1 aromatic carbocycles. The van der Waals surface area contributed by atoms with Crippen LogP contribution in [0.2, 0.25) is 0 Å². The highest BCUT2D eigenvalue weighted by Gasteiger charge is 2.14. The molecule has 0 fully saturated rings. The molecule has 0 amide bonds. The molecule has 5 heteroatoms. The van der Waals surface area contributed by atoms with E-state index in [1.165, 1.54) is 6.07 Å². The van der Waals surface area contributed by atoms with E-state index in [4.69, 9.17) is 11.6 Å². The van der Waals surface area contributed by atoms with Crippen molar-refractivity contribution in [2.75, 3.05) is 0 Å². The predicted molar refractivity (Wildman–Crippen MR) is 67.0 cm³/mol. The Morgan fingerprint density at radius 1 is 1.27 bits per heavy atom. The van der Waals surface area contributed by atoms with Gasteiger partial charge in [-0.25, -0.2) is 0 Å². The monoisotopic (exact) mass is 352 g/mol. The van der Waals surface area contributed by atoms with Gasteiger partial charge in [0.25, 0.3) is 5.24 Å². The lowest BCUT2D eigenvalue weighted by Crippen LogP contribution is -2.10. The molecule has 0 heterocycles. The van der Waals surface area contributed by atoms with Gasteiger partial charge in [-0.15, -0.1) is 0 Å². The van der Waals surface area contributed by atoms with Crippen LogP contribution in [0.25, 0.3) is 0 Å². The minimum Gasteiger partial charge on any atom is -0.293 e. The molecule has 0 aliphatic carbocycles. The Balaban J connectivity index is 3.20. The van der Waals surface area contributed by atoms with Crippen LogP contribution in [0.5, 0.6) is 0 Å². The van der Waals surface area contributed by atoms with Crippen LogP contribution in [0.3, 0.4) is 0 Å². The third kappa shape index (κ3) is 3.40. The van der Waals surface area contributed by atoms with Gasteiger partial charge < -0.3 is 0 Å². The van der Waals surface area contributed by atoms with Crippen molar-refractivity contribution in [3.63, 3.8) is 0 Å². The molecule has 0 radical (unpaired) electrons. The van der Waals surface area contributed by atoms with Crippen LogP contribution in [-0.2, 0) is 0 Å². The van der Waals surface area contributed by atoms with Crippen molar-refractivity contribution in [1.82, 2.24) is 0 Å². The SMILES string of the molecule is CC(Br)C(=O)c1cc(Br)cc(C(=O)Cl)c1. The van der Waals surface area contributed by atoms with Crippen molar-refractivity contribution in [3.8, 4) is 0 Å². The zero-order valence-corrected chi connectivity index (χ0v) is 11.7. The molecule has 0 saturated carbocycles. The molecule has 0 aliphatic rings. The molecule has 2 nitrogen and oxygen atoms in total. The van der Waals surface area contributed by atoms with Crippen molar-refractivity contribution < 1.29 is 9.59 Å². The first kappa shape index (κ1) is 12.9. The zero-order valence-electron chi connectivity index (χ0n) is 7.76. The summed E-state index contributed by atoms with van der Waals surface area (Å²) in [5.41, 5.74) is 0.764. The van der Waals surface area contributed by atoms with Crippen molar-refractivity contribution in [3.05, 3.63) is 33.8 Å². The second kappa shape index (κ2) is 5.23. The Labute approximate surface area is 109 Å². The van der Waals surface area contributed by atoms with Gasteiger partial charge in [-0.05, 0) is 36.7 Å². The topological polar surface area (TPSA) is 34.1 Å². The van der Waals surface area contributed by atoms with E-state index in [-0.39, 0.29) is 10.6 Å². The summed E-state index contributed by atoms with van der Waals surface area (Å²) in [4.78, 5) is 22.3. The predicted octanol–water partition coefficient (Wildman–Crippen LogP) is 3.79. The van der Waals surface area contributed by atoms with Gasteiger partial charge in [-0.1, -0.05) is 31.9 Å². The van der Waals surface area contributed by atoms with Gasteiger partial charge in [-0.2, -0.15) is 0 Å². The van der Waals surface area contributed by atoms with E-state index in [1.807, 2.05) is 0 Å². The number of benzene rings is 1. The molecular weight excluding hydrogens is 347 g/mol. The average molecular weight is 354 g/mol. The van der Waals surface area contributed by atoms with E-state index in [9.17, 15) is 9.59 Å². The normalized spacial score (nSPS) is 12.3. The Morgan fingerprint density at radius 2 is 1.80 bits per heavy atom. The minimum atomic E-state index is -0.576. The summed E-state index contributed by atoms with van der Waals surface area (Å²) in [7, 11) is 0. The number of rotatable bonds is 3. The molecule has 15 heavy (non-hydrogen) atoms. The number of carbonyl (C=O) groups is 2. The molecule has 0 aliphatic heterocycles. The summed E-state index contributed by atoms with van der Waals surface area (Å²) in [6.45, 7) is 1.73. The maximum Gasteiger partial charge on any atom is 0.252 e. The molecule has 1 unspecified atom stereocenters. The smallest absolute Gasteiger partial charge is 0.252 e. The highest BCUT2D eigenvalue weighted by atomic mass is 79.9. The highest BCUT2D eigenvalue weighted by molar-refractivity contribution is 9.10. The maximum atomic E-state index is 11.6. The summed E-state index contributed by atoms with van der Waals surface area (Å²) in [5, 5.41) is -0.576. The van der Waals surface area contributed by atoms with E-state index in [0.717, 1.165) is 0 Å². The molecule has 1 aromatic rings. The van der Waals surface area contributed by atoms with E-state index in [0.29, 0.717) is 15.6 Å². The summed E-state index contributed by atoms with van der Waals surface area (Å²) in [5.74, 6) is -0.0875. The molecule has 80 valence electrons. The van der Waals surface area contributed by atoms with Gasteiger partial charge in [0.1, 0.15) is 0 Å². The fourth-order valence-corrected chi connectivity index (χ4v) is 1.94. The lowest BCUT2D eigenvalue weighted by Gasteiger charge is -2.05. The number of hydrogen-bond donors (Lipinski definition) is 0. The van der Waals surface area contributed by atoms with Crippen LogP contribution < -0.4 is 0 Å². The number of halogens is 3. The molecule has 0 saturated heterocycles. The average Bonchev–Trinajstić information content (AvgIpc) is 2.15. The fraction of sp³-hybridized carbons (Fsp3) is 0.200. The van der Waals surface area contributed by atoms with Crippen molar-refractivity contribution >= 4 is 54.5 Å². The Bertz CT molecular complexity index is 416. The van der Waals surface area contributed by atoms with Gasteiger partial charge in [0.2, 0.25) is 0 Å². The second-order valence-corrected chi connectivity index (χ2v) is 5.62. The third-order valence-electron chi connectivity index (χ3n) is 1.77. The van der Waals surface area contributed by atoms with Gasteiger partial charge in [0.15, 0.2) is 5.78 Å².